The molecular formula is C20H23N5O2. The summed E-state index contributed by atoms with van der Waals surface area (Å²) in [4.78, 5) is 25.0. The van der Waals surface area contributed by atoms with Crippen LogP contribution in [0.4, 0.5) is 0 Å². The monoisotopic (exact) mass is 365 g/mol. The molecule has 3 aromatic rings. The van der Waals surface area contributed by atoms with E-state index in [1.54, 1.807) is 26.4 Å². The molecule has 0 aliphatic carbocycles. The van der Waals surface area contributed by atoms with Crippen LogP contribution in [0.15, 0.2) is 41.6 Å². The molecule has 0 bridgehead atoms. The molecule has 3 rings (SSSR count). The quantitative estimate of drug-likeness (QED) is 0.668. The Morgan fingerprint density at radius 1 is 1.15 bits per heavy atom. The number of aromatic nitrogens is 5. The Morgan fingerprint density at radius 2 is 1.96 bits per heavy atom. The Labute approximate surface area is 158 Å². The molecule has 27 heavy (non-hydrogen) atoms. The average molecular weight is 365 g/mol. The molecule has 0 fully saturated rings. The topological polar surface area (TPSA) is 82.8 Å². The van der Waals surface area contributed by atoms with Crippen LogP contribution in [-0.4, -0.2) is 31.3 Å². The normalized spacial score (nSPS) is 12.0. The number of hydrogen-bond acceptors (Lipinski definition) is 6. The standard InChI is InChI=1S/C20H23N5O2/c1-13-5-6-18(22-10-13)14(2)7-8-27-20-17(12-21-15(3)24-20)16-9-19(26)25(4)23-11-16/h5-6,9-12,14H,7-8H2,1-4H3/t14-/m1/s1. The van der Waals surface area contributed by atoms with E-state index in [0.29, 0.717) is 29.4 Å². The van der Waals surface area contributed by atoms with Crippen molar-refractivity contribution < 1.29 is 4.74 Å². The summed E-state index contributed by atoms with van der Waals surface area (Å²) in [5, 5.41) is 4.06. The second-order valence-electron chi connectivity index (χ2n) is 6.64. The minimum absolute atomic E-state index is 0.196. The smallest absolute Gasteiger partial charge is 0.267 e. The van der Waals surface area contributed by atoms with Gasteiger partial charge in [-0.25, -0.2) is 9.67 Å². The predicted octanol–water partition coefficient (Wildman–Crippen LogP) is 2.82. The summed E-state index contributed by atoms with van der Waals surface area (Å²) in [6.07, 6.45) is 5.95. The van der Waals surface area contributed by atoms with Crippen molar-refractivity contribution in [2.75, 3.05) is 6.61 Å². The third-order valence-electron chi connectivity index (χ3n) is 4.38. The van der Waals surface area contributed by atoms with Crippen molar-refractivity contribution in [1.82, 2.24) is 24.7 Å². The molecule has 0 radical (unpaired) electrons. The lowest BCUT2D eigenvalue weighted by molar-refractivity contribution is 0.289. The fourth-order valence-electron chi connectivity index (χ4n) is 2.62. The van der Waals surface area contributed by atoms with E-state index in [0.717, 1.165) is 17.7 Å². The van der Waals surface area contributed by atoms with Gasteiger partial charge in [-0.1, -0.05) is 13.0 Å². The van der Waals surface area contributed by atoms with Gasteiger partial charge >= 0.3 is 0 Å². The highest BCUT2D eigenvalue weighted by Gasteiger charge is 2.13. The highest BCUT2D eigenvalue weighted by Crippen LogP contribution is 2.27. The van der Waals surface area contributed by atoms with Crippen LogP contribution in [0.3, 0.4) is 0 Å². The van der Waals surface area contributed by atoms with E-state index in [4.69, 9.17) is 4.74 Å². The lowest BCUT2D eigenvalue weighted by Gasteiger charge is -2.14. The zero-order chi connectivity index (χ0) is 19.4. The lowest BCUT2D eigenvalue weighted by atomic mass is 10.0. The Balaban J connectivity index is 1.74. The number of hydrogen-bond donors (Lipinski definition) is 0. The summed E-state index contributed by atoms with van der Waals surface area (Å²) >= 11 is 0. The fourth-order valence-corrected chi connectivity index (χ4v) is 2.62. The van der Waals surface area contributed by atoms with E-state index in [1.807, 2.05) is 19.2 Å². The van der Waals surface area contributed by atoms with Crippen LogP contribution in [0.25, 0.3) is 11.1 Å². The van der Waals surface area contributed by atoms with Crippen LogP contribution < -0.4 is 10.3 Å². The number of pyridine rings is 1. The van der Waals surface area contributed by atoms with Crippen LogP contribution in [0.5, 0.6) is 5.88 Å². The molecule has 3 heterocycles. The van der Waals surface area contributed by atoms with Gasteiger partial charge < -0.3 is 4.74 Å². The summed E-state index contributed by atoms with van der Waals surface area (Å²) in [6, 6.07) is 5.62. The highest BCUT2D eigenvalue weighted by atomic mass is 16.5. The van der Waals surface area contributed by atoms with Gasteiger partial charge in [-0.05, 0) is 31.9 Å². The molecule has 0 amide bonds. The molecular weight excluding hydrogens is 342 g/mol. The maximum Gasteiger partial charge on any atom is 0.267 e. The van der Waals surface area contributed by atoms with Crippen LogP contribution in [0, 0.1) is 13.8 Å². The van der Waals surface area contributed by atoms with Crippen LogP contribution in [0.2, 0.25) is 0 Å². The second-order valence-corrected chi connectivity index (χ2v) is 6.64. The minimum atomic E-state index is -0.196. The molecule has 7 heteroatoms. The molecule has 0 aliphatic heterocycles. The van der Waals surface area contributed by atoms with Crippen molar-refractivity contribution in [3.05, 3.63) is 64.2 Å². The molecule has 0 unspecified atom stereocenters. The third-order valence-corrected chi connectivity index (χ3v) is 4.38. The Hall–Kier alpha value is -3.09. The summed E-state index contributed by atoms with van der Waals surface area (Å²) in [7, 11) is 1.61. The van der Waals surface area contributed by atoms with Gasteiger partial charge in [-0.15, -0.1) is 0 Å². The summed E-state index contributed by atoms with van der Waals surface area (Å²) in [6.45, 7) is 6.43. The summed E-state index contributed by atoms with van der Waals surface area (Å²) in [5.74, 6) is 1.34. The van der Waals surface area contributed by atoms with Gasteiger partial charge in [0.25, 0.3) is 5.56 Å². The molecule has 0 N–H and O–H groups in total. The Kier molecular flexibility index (Phi) is 5.59. The molecule has 0 saturated carbocycles. The molecule has 0 aromatic carbocycles. The van der Waals surface area contributed by atoms with Gasteiger partial charge in [0, 0.05) is 42.7 Å². The molecule has 1 atom stereocenters. The number of nitrogens with zero attached hydrogens (tertiary/aromatic N) is 5. The van der Waals surface area contributed by atoms with Gasteiger partial charge in [0.05, 0.1) is 18.4 Å². The number of ether oxygens (including phenoxy) is 1. The van der Waals surface area contributed by atoms with Crippen molar-refractivity contribution in [3.8, 4) is 17.0 Å². The predicted molar refractivity (Wildman–Crippen MR) is 103 cm³/mol. The Morgan fingerprint density at radius 3 is 2.67 bits per heavy atom. The molecule has 3 aromatic heterocycles. The van der Waals surface area contributed by atoms with Crippen molar-refractivity contribution in [2.24, 2.45) is 7.05 Å². The first-order chi connectivity index (χ1) is 12.9. The van der Waals surface area contributed by atoms with Gasteiger partial charge in [0.1, 0.15) is 5.82 Å². The molecule has 0 saturated heterocycles. The lowest BCUT2D eigenvalue weighted by Crippen LogP contribution is -2.18. The summed E-state index contributed by atoms with van der Waals surface area (Å²) in [5.41, 5.74) is 3.29. The number of aryl methyl sites for hydroxylation is 3. The fraction of sp³-hybridized carbons (Fsp3) is 0.350. The zero-order valence-electron chi connectivity index (χ0n) is 16.0. The van der Waals surface area contributed by atoms with Gasteiger partial charge in [-0.3, -0.25) is 9.78 Å². The van der Waals surface area contributed by atoms with E-state index < -0.39 is 0 Å². The van der Waals surface area contributed by atoms with E-state index in [1.165, 1.54) is 10.7 Å². The van der Waals surface area contributed by atoms with Gasteiger partial charge in [-0.2, -0.15) is 10.1 Å². The van der Waals surface area contributed by atoms with Crippen LogP contribution in [0.1, 0.15) is 36.3 Å². The third kappa shape index (κ3) is 4.55. The number of rotatable bonds is 6. The van der Waals surface area contributed by atoms with E-state index in [-0.39, 0.29) is 11.5 Å². The molecule has 7 nitrogen and oxygen atoms in total. The molecule has 140 valence electrons. The SMILES string of the molecule is Cc1ccc([C@H](C)CCOc2nc(C)ncc2-c2cnn(C)c(=O)c2)nc1. The van der Waals surface area contributed by atoms with Gasteiger partial charge in [0.15, 0.2) is 0 Å². The second kappa shape index (κ2) is 8.07. The van der Waals surface area contributed by atoms with Crippen molar-refractivity contribution >= 4 is 0 Å². The first kappa shape index (κ1) is 18.7. The maximum atomic E-state index is 11.9. The maximum absolute atomic E-state index is 11.9. The molecule has 0 spiro atoms. The first-order valence-electron chi connectivity index (χ1n) is 8.87. The van der Waals surface area contributed by atoms with E-state index in [2.05, 4.69) is 33.0 Å². The van der Waals surface area contributed by atoms with Crippen molar-refractivity contribution in [1.29, 1.82) is 0 Å². The average Bonchev–Trinajstić information content (AvgIpc) is 2.65. The van der Waals surface area contributed by atoms with Crippen molar-refractivity contribution in [2.45, 2.75) is 33.1 Å². The van der Waals surface area contributed by atoms with E-state index in [9.17, 15) is 4.79 Å². The van der Waals surface area contributed by atoms with Gasteiger partial charge in [0.2, 0.25) is 5.88 Å². The van der Waals surface area contributed by atoms with E-state index >= 15 is 0 Å². The minimum Gasteiger partial charge on any atom is -0.477 e. The highest BCUT2D eigenvalue weighted by molar-refractivity contribution is 5.66. The van der Waals surface area contributed by atoms with Crippen molar-refractivity contribution in [3.63, 3.8) is 0 Å². The Bertz CT molecular complexity index is 982. The first-order valence-corrected chi connectivity index (χ1v) is 8.87. The summed E-state index contributed by atoms with van der Waals surface area (Å²) < 4.78 is 7.22. The van der Waals surface area contributed by atoms with Crippen LogP contribution in [-0.2, 0) is 7.05 Å². The molecule has 0 aliphatic rings. The zero-order valence-corrected chi connectivity index (χ0v) is 16.0. The van der Waals surface area contributed by atoms with Crippen LogP contribution >= 0.6 is 0 Å². The largest absolute Gasteiger partial charge is 0.477 e.